The molecule has 0 radical (unpaired) electrons. The van der Waals surface area contributed by atoms with E-state index in [9.17, 15) is 18.0 Å². The SMILES string of the molecule is COc1ccc(Cl)cc1N1C(=O)C(=Cc2sccc2C)N=C1SCC(=O)Nc1ccc(S(N)(=O)=O)cc1. The van der Waals surface area contributed by atoms with E-state index >= 15 is 0 Å². The molecule has 2 aromatic carbocycles. The molecule has 2 heterocycles. The van der Waals surface area contributed by atoms with Crippen molar-refractivity contribution in [1.82, 2.24) is 0 Å². The zero-order chi connectivity index (χ0) is 26.7. The molecule has 0 spiro atoms. The highest BCUT2D eigenvalue weighted by atomic mass is 35.5. The molecule has 37 heavy (non-hydrogen) atoms. The number of amidine groups is 1. The van der Waals surface area contributed by atoms with Crippen LogP contribution in [0.3, 0.4) is 0 Å². The predicted molar refractivity (Wildman–Crippen MR) is 149 cm³/mol. The van der Waals surface area contributed by atoms with Gasteiger partial charge in [0.25, 0.3) is 5.91 Å². The highest BCUT2D eigenvalue weighted by Gasteiger charge is 2.34. The van der Waals surface area contributed by atoms with Crippen molar-refractivity contribution in [2.75, 3.05) is 23.1 Å². The van der Waals surface area contributed by atoms with Crippen molar-refractivity contribution in [3.63, 3.8) is 0 Å². The predicted octanol–water partition coefficient (Wildman–Crippen LogP) is 4.48. The number of sulfonamides is 1. The average molecular weight is 577 g/mol. The number of anilines is 2. The van der Waals surface area contributed by atoms with Crippen LogP contribution >= 0.6 is 34.7 Å². The smallest absolute Gasteiger partial charge is 0.283 e. The van der Waals surface area contributed by atoms with E-state index in [1.165, 1.54) is 47.6 Å². The summed E-state index contributed by atoms with van der Waals surface area (Å²) in [6.07, 6.45) is 1.72. The number of aliphatic imine (C=N–C) groups is 1. The van der Waals surface area contributed by atoms with Crippen molar-refractivity contribution < 1.29 is 22.7 Å². The van der Waals surface area contributed by atoms with Crippen LogP contribution in [0.15, 0.2) is 69.5 Å². The minimum Gasteiger partial charge on any atom is -0.495 e. The lowest BCUT2D eigenvalue weighted by Gasteiger charge is -2.20. The normalized spacial score (nSPS) is 14.7. The molecule has 3 aromatic rings. The second kappa shape index (κ2) is 11.1. The zero-order valence-corrected chi connectivity index (χ0v) is 22.8. The van der Waals surface area contributed by atoms with Crippen LogP contribution in [-0.2, 0) is 19.6 Å². The molecule has 192 valence electrons. The zero-order valence-electron chi connectivity index (χ0n) is 19.6. The van der Waals surface area contributed by atoms with Gasteiger partial charge in [0.2, 0.25) is 15.9 Å². The first-order chi connectivity index (χ1) is 17.6. The van der Waals surface area contributed by atoms with E-state index in [-0.39, 0.29) is 33.3 Å². The Morgan fingerprint density at radius 3 is 2.59 bits per heavy atom. The molecule has 0 bridgehead atoms. The molecule has 1 aliphatic rings. The summed E-state index contributed by atoms with van der Waals surface area (Å²) < 4.78 is 28.3. The number of nitrogens with two attached hydrogens (primary N) is 1. The molecule has 1 aromatic heterocycles. The Hall–Kier alpha value is -3.16. The fourth-order valence-electron chi connectivity index (χ4n) is 3.36. The molecule has 0 aliphatic carbocycles. The Labute approximate surface area is 227 Å². The number of thiophene rings is 1. The molecule has 3 N–H and O–H groups in total. The number of methoxy groups -OCH3 is 1. The number of thioether (sulfide) groups is 1. The van der Waals surface area contributed by atoms with E-state index in [4.69, 9.17) is 21.5 Å². The van der Waals surface area contributed by atoms with E-state index in [0.29, 0.717) is 22.1 Å². The van der Waals surface area contributed by atoms with Gasteiger partial charge >= 0.3 is 0 Å². The van der Waals surface area contributed by atoms with Crippen LogP contribution in [0.5, 0.6) is 5.75 Å². The monoisotopic (exact) mass is 576 g/mol. The highest BCUT2D eigenvalue weighted by molar-refractivity contribution is 8.14. The Kier molecular flexibility index (Phi) is 8.05. The number of primary sulfonamides is 1. The molecule has 1 aliphatic heterocycles. The summed E-state index contributed by atoms with van der Waals surface area (Å²) in [6.45, 7) is 1.94. The van der Waals surface area contributed by atoms with Gasteiger partial charge in [-0.15, -0.1) is 11.3 Å². The lowest BCUT2D eigenvalue weighted by molar-refractivity contribution is -0.114. The number of carbonyl (C=O) groups is 2. The number of benzene rings is 2. The van der Waals surface area contributed by atoms with E-state index < -0.39 is 10.0 Å². The molecule has 0 saturated heterocycles. The quantitative estimate of drug-likeness (QED) is 0.399. The minimum absolute atomic E-state index is 0.0647. The van der Waals surface area contributed by atoms with Crippen molar-refractivity contribution in [1.29, 1.82) is 0 Å². The molecule has 0 unspecified atom stereocenters. The highest BCUT2D eigenvalue weighted by Crippen LogP contribution is 2.37. The van der Waals surface area contributed by atoms with Crippen molar-refractivity contribution in [3.05, 3.63) is 75.1 Å². The number of hydrogen-bond acceptors (Lipinski definition) is 8. The number of hydrogen-bond donors (Lipinski definition) is 2. The van der Waals surface area contributed by atoms with Crippen LogP contribution < -0.4 is 20.1 Å². The van der Waals surface area contributed by atoms with Crippen molar-refractivity contribution in [2.45, 2.75) is 11.8 Å². The summed E-state index contributed by atoms with van der Waals surface area (Å²) >= 11 is 8.77. The van der Waals surface area contributed by atoms with Gasteiger partial charge < -0.3 is 10.1 Å². The number of nitrogens with zero attached hydrogens (tertiary/aromatic N) is 2. The standard InChI is InChI=1S/C24H21ClN4O5S3/c1-14-9-10-35-21(14)12-18-23(31)29(19-11-15(25)3-8-20(19)34-2)24(28-18)36-13-22(30)27-16-4-6-17(7-5-16)37(26,32)33/h3-12H,13H2,1-2H3,(H,27,30)(H2,26,32,33). The van der Waals surface area contributed by atoms with Crippen LogP contribution in [0.1, 0.15) is 10.4 Å². The fourth-order valence-corrected chi connectivity index (χ4v) is 5.69. The second-order valence-corrected chi connectivity index (χ2v) is 11.6. The maximum Gasteiger partial charge on any atom is 0.283 e. The van der Waals surface area contributed by atoms with Gasteiger partial charge in [-0.2, -0.15) is 0 Å². The first-order valence-corrected chi connectivity index (χ1v) is 14.4. The van der Waals surface area contributed by atoms with Gasteiger partial charge in [-0.25, -0.2) is 23.4 Å². The lowest BCUT2D eigenvalue weighted by Crippen LogP contribution is -2.31. The maximum atomic E-state index is 13.5. The molecule has 13 heteroatoms. The molecule has 4 rings (SSSR count). The van der Waals surface area contributed by atoms with E-state index in [0.717, 1.165) is 22.2 Å². The summed E-state index contributed by atoms with van der Waals surface area (Å²) in [7, 11) is -2.35. The molecule has 0 atom stereocenters. The Morgan fingerprint density at radius 2 is 1.97 bits per heavy atom. The molecule has 9 nitrogen and oxygen atoms in total. The third-order valence-electron chi connectivity index (χ3n) is 5.18. The van der Waals surface area contributed by atoms with Gasteiger partial charge in [-0.3, -0.25) is 9.59 Å². The fraction of sp³-hybridized carbons (Fsp3) is 0.125. The van der Waals surface area contributed by atoms with Crippen LogP contribution in [-0.4, -0.2) is 38.3 Å². The topological polar surface area (TPSA) is 131 Å². The number of halogens is 1. The lowest BCUT2D eigenvalue weighted by atomic mass is 10.2. The van der Waals surface area contributed by atoms with Gasteiger partial charge in [0, 0.05) is 15.6 Å². The first-order valence-electron chi connectivity index (χ1n) is 10.6. The average Bonchev–Trinajstić information content (AvgIpc) is 3.39. The number of carbonyl (C=O) groups excluding carboxylic acids is 2. The summed E-state index contributed by atoms with van der Waals surface area (Å²) in [5.41, 5.74) is 2.02. The van der Waals surface area contributed by atoms with Gasteiger partial charge in [0.15, 0.2) is 5.17 Å². The first kappa shape index (κ1) is 26.9. The number of nitrogens with one attached hydrogen (secondary N) is 1. The summed E-state index contributed by atoms with van der Waals surface area (Å²) in [6, 6.07) is 12.3. The van der Waals surface area contributed by atoms with E-state index in [1.54, 1.807) is 24.3 Å². The third-order valence-corrected chi connectivity index (χ3v) is 8.25. The van der Waals surface area contributed by atoms with Crippen LogP contribution in [0.4, 0.5) is 11.4 Å². The third kappa shape index (κ3) is 6.22. The summed E-state index contributed by atoms with van der Waals surface area (Å²) in [5.74, 6) is -0.421. The van der Waals surface area contributed by atoms with Crippen molar-refractivity contribution >= 4 is 79.2 Å². The van der Waals surface area contributed by atoms with E-state index in [1.807, 2.05) is 18.4 Å². The van der Waals surface area contributed by atoms with Crippen molar-refractivity contribution in [3.8, 4) is 5.75 Å². The van der Waals surface area contributed by atoms with Gasteiger partial charge in [-0.05, 0) is 72.5 Å². The van der Waals surface area contributed by atoms with Gasteiger partial charge in [0.1, 0.15) is 11.4 Å². The number of rotatable bonds is 7. The molecule has 2 amide bonds. The van der Waals surface area contributed by atoms with Crippen LogP contribution in [0, 0.1) is 6.92 Å². The summed E-state index contributed by atoms with van der Waals surface area (Å²) in [4.78, 5) is 32.8. The van der Waals surface area contributed by atoms with Gasteiger partial charge in [0.05, 0.1) is 23.4 Å². The van der Waals surface area contributed by atoms with E-state index in [2.05, 4.69) is 10.3 Å². The number of aryl methyl sites for hydroxylation is 1. The molecular weight excluding hydrogens is 556 g/mol. The second-order valence-electron chi connectivity index (χ2n) is 7.75. The van der Waals surface area contributed by atoms with Crippen molar-refractivity contribution in [2.24, 2.45) is 10.1 Å². The Morgan fingerprint density at radius 1 is 1.24 bits per heavy atom. The van der Waals surface area contributed by atoms with Crippen LogP contribution in [0.2, 0.25) is 5.02 Å². The molecule has 0 saturated carbocycles. The maximum absolute atomic E-state index is 13.5. The minimum atomic E-state index is -3.84. The Balaban J connectivity index is 1.58. The number of amides is 2. The van der Waals surface area contributed by atoms with Gasteiger partial charge in [-0.1, -0.05) is 23.4 Å². The Bertz CT molecular complexity index is 1530. The molecular formula is C24H21ClN4O5S3. The molecule has 0 fully saturated rings. The number of ether oxygens (including phenoxy) is 1. The van der Waals surface area contributed by atoms with Crippen LogP contribution in [0.25, 0.3) is 6.08 Å². The summed E-state index contributed by atoms with van der Waals surface area (Å²) in [5, 5.41) is 10.4. The largest absolute Gasteiger partial charge is 0.495 e.